The van der Waals surface area contributed by atoms with E-state index in [1.54, 1.807) is 7.11 Å². The molecule has 6 heteroatoms. The third-order valence-electron chi connectivity index (χ3n) is 4.67. The van der Waals surface area contributed by atoms with Gasteiger partial charge in [-0.3, -0.25) is 4.79 Å². The van der Waals surface area contributed by atoms with Gasteiger partial charge in [0, 0.05) is 31.5 Å². The summed E-state index contributed by atoms with van der Waals surface area (Å²) in [6.45, 7) is 5.78. The van der Waals surface area contributed by atoms with Gasteiger partial charge >= 0.3 is 0 Å². The Morgan fingerprint density at radius 2 is 2.19 bits per heavy atom. The molecule has 1 saturated heterocycles. The number of carbonyl (C=O) groups is 1. The van der Waals surface area contributed by atoms with Crippen molar-refractivity contribution < 1.29 is 18.7 Å². The SMILES string of the molecule is CCc1nc(C)c(C(=O)N2CCC[C@H](COc3cccc(OC)c3)C2)o1. The van der Waals surface area contributed by atoms with Crippen molar-refractivity contribution in [1.82, 2.24) is 9.88 Å². The molecule has 0 spiro atoms. The summed E-state index contributed by atoms with van der Waals surface area (Å²) in [6, 6.07) is 7.58. The molecule has 3 rings (SSSR count). The Hall–Kier alpha value is -2.50. The van der Waals surface area contributed by atoms with Gasteiger partial charge in [-0.25, -0.2) is 4.98 Å². The average molecular weight is 358 g/mol. The van der Waals surface area contributed by atoms with Crippen molar-refractivity contribution >= 4 is 5.91 Å². The van der Waals surface area contributed by atoms with E-state index in [9.17, 15) is 4.79 Å². The number of aromatic nitrogens is 1. The number of hydrogen-bond acceptors (Lipinski definition) is 5. The predicted octanol–water partition coefficient (Wildman–Crippen LogP) is 3.49. The Morgan fingerprint density at radius 1 is 1.38 bits per heavy atom. The molecule has 0 unspecified atom stereocenters. The maximum Gasteiger partial charge on any atom is 0.291 e. The van der Waals surface area contributed by atoms with Crippen molar-refractivity contribution in [3.05, 3.63) is 41.6 Å². The van der Waals surface area contributed by atoms with Crippen molar-refractivity contribution in [2.24, 2.45) is 5.92 Å². The standard InChI is InChI=1S/C20H26N2O4/c1-4-18-21-14(2)19(26-18)20(23)22-10-6-7-15(12-22)13-25-17-9-5-8-16(11-17)24-3/h5,8-9,11,15H,4,6-7,10,12-13H2,1-3H3/t15-/m0/s1. The Balaban J connectivity index is 1.59. The first-order chi connectivity index (χ1) is 12.6. The maximum atomic E-state index is 12.8. The Bertz CT molecular complexity index is 756. The van der Waals surface area contributed by atoms with Crippen molar-refractivity contribution in [2.45, 2.75) is 33.1 Å². The van der Waals surface area contributed by atoms with Gasteiger partial charge in [0.05, 0.1) is 19.4 Å². The molecule has 0 radical (unpaired) electrons. The van der Waals surface area contributed by atoms with E-state index in [-0.39, 0.29) is 5.91 Å². The van der Waals surface area contributed by atoms with Gasteiger partial charge < -0.3 is 18.8 Å². The van der Waals surface area contributed by atoms with E-state index in [2.05, 4.69) is 4.98 Å². The van der Waals surface area contributed by atoms with Crippen LogP contribution in [0, 0.1) is 12.8 Å². The first kappa shape index (κ1) is 18.3. The summed E-state index contributed by atoms with van der Waals surface area (Å²) in [5, 5.41) is 0. The smallest absolute Gasteiger partial charge is 0.291 e. The Labute approximate surface area is 154 Å². The second-order valence-corrected chi connectivity index (χ2v) is 6.63. The summed E-state index contributed by atoms with van der Waals surface area (Å²) in [6.07, 6.45) is 2.69. The minimum absolute atomic E-state index is 0.0687. The molecule has 1 fully saturated rings. The number of piperidine rings is 1. The van der Waals surface area contributed by atoms with Crippen LogP contribution in [0.25, 0.3) is 0 Å². The molecule has 0 N–H and O–H groups in total. The van der Waals surface area contributed by atoms with Crippen molar-refractivity contribution in [1.29, 1.82) is 0 Å². The van der Waals surface area contributed by atoms with Crippen LogP contribution in [0.2, 0.25) is 0 Å². The van der Waals surface area contributed by atoms with Crippen LogP contribution in [0.15, 0.2) is 28.7 Å². The molecule has 0 saturated carbocycles. The van der Waals surface area contributed by atoms with Crippen molar-refractivity contribution in [3.63, 3.8) is 0 Å². The molecule has 2 heterocycles. The Kier molecular flexibility index (Phi) is 5.81. The van der Waals surface area contributed by atoms with E-state index in [1.165, 1.54) is 0 Å². The van der Waals surface area contributed by atoms with Gasteiger partial charge in [-0.2, -0.15) is 0 Å². The highest BCUT2D eigenvalue weighted by Gasteiger charge is 2.28. The largest absolute Gasteiger partial charge is 0.497 e. The zero-order valence-electron chi connectivity index (χ0n) is 15.7. The van der Waals surface area contributed by atoms with Crippen molar-refractivity contribution in [2.75, 3.05) is 26.8 Å². The molecule has 1 aliphatic heterocycles. The van der Waals surface area contributed by atoms with Crippen LogP contribution in [-0.4, -0.2) is 42.6 Å². The summed E-state index contributed by atoms with van der Waals surface area (Å²) in [7, 11) is 1.64. The van der Waals surface area contributed by atoms with Crippen LogP contribution in [0.4, 0.5) is 0 Å². The van der Waals surface area contributed by atoms with E-state index in [1.807, 2.05) is 43.0 Å². The van der Waals surface area contributed by atoms with Gasteiger partial charge in [-0.05, 0) is 31.9 Å². The lowest BCUT2D eigenvalue weighted by atomic mass is 9.98. The number of benzene rings is 1. The molecular weight excluding hydrogens is 332 g/mol. The van der Waals surface area contributed by atoms with E-state index in [0.717, 1.165) is 30.9 Å². The molecule has 0 aliphatic carbocycles. The third kappa shape index (κ3) is 4.18. The van der Waals surface area contributed by atoms with E-state index in [4.69, 9.17) is 13.9 Å². The highest BCUT2D eigenvalue weighted by atomic mass is 16.5. The average Bonchev–Trinajstić information content (AvgIpc) is 3.07. The van der Waals surface area contributed by atoms with Crippen LogP contribution < -0.4 is 9.47 Å². The lowest BCUT2D eigenvalue weighted by Gasteiger charge is -2.32. The molecule has 1 aromatic heterocycles. The number of aryl methyl sites for hydroxylation is 2. The molecule has 140 valence electrons. The number of rotatable bonds is 6. The number of hydrogen-bond donors (Lipinski definition) is 0. The third-order valence-corrected chi connectivity index (χ3v) is 4.67. The van der Waals surface area contributed by atoms with Crippen molar-refractivity contribution in [3.8, 4) is 11.5 Å². The minimum atomic E-state index is -0.0687. The van der Waals surface area contributed by atoms with Crippen LogP contribution >= 0.6 is 0 Å². The lowest BCUT2D eigenvalue weighted by Crippen LogP contribution is -2.41. The number of oxazole rings is 1. The molecule has 1 aliphatic rings. The number of ether oxygens (including phenoxy) is 2. The molecule has 0 bridgehead atoms. The highest BCUT2D eigenvalue weighted by Crippen LogP contribution is 2.23. The summed E-state index contributed by atoms with van der Waals surface area (Å²) in [5.74, 6) is 2.77. The van der Waals surface area contributed by atoms with Gasteiger partial charge in [-0.15, -0.1) is 0 Å². The molecule has 6 nitrogen and oxygen atoms in total. The summed E-state index contributed by atoms with van der Waals surface area (Å²) in [4.78, 5) is 19.0. The van der Waals surface area contributed by atoms with Crippen LogP contribution in [-0.2, 0) is 6.42 Å². The first-order valence-electron chi connectivity index (χ1n) is 9.13. The first-order valence-corrected chi connectivity index (χ1v) is 9.13. The number of amides is 1. The van der Waals surface area contributed by atoms with Gasteiger partial charge in [-0.1, -0.05) is 13.0 Å². The summed E-state index contributed by atoms with van der Waals surface area (Å²) < 4.78 is 16.8. The summed E-state index contributed by atoms with van der Waals surface area (Å²) in [5.41, 5.74) is 0.668. The van der Waals surface area contributed by atoms with Gasteiger partial charge in [0.1, 0.15) is 11.5 Å². The fourth-order valence-corrected chi connectivity index (χ4v) is 3.24. The minimum Gasteiger partial charge on any atom is -0.497 e. The molecule has 1 aromatic carbocycles. The number of methoxy groups -OCH3 is 1. The lowest BCUT2D eigenvalue weighted by molar-refractivity contribution is 0.0599. The quantitative estimate of drug-likeness (QED) is 0.791. The molecular formula is C20H26N2O4. The normalized spacial score (nSPS) is 17.2. The number of nitrogens with zero attached hydrogens (tertiary/aromatic N) is 2. The van der Waals surface area contributed by atoms with Gasteiger partial charge in [0.2, 0.25) is 5.76 Å². The zero-order chi connectivity index (χ0) is 18.5. The highest BCUT2D eigenvalue weighted by molar-refractivity contribution is 5.92. The molecule has 26 heavy (non-hydrogen) atoms. The van der Waals surface area contributed by atoms with E-state index >= 15 is 0 Å². The van der Waals surface area contributed by atoms with Crippen LogP contribution in [0.1, 0.15) is 41.9 Å². The monoisotopic (exact) mass is 358 g/mol. The second kappa shape index (κ2) is 8.25. The topological polar surface area (TPSA) is 64.8 Å². The molecule has 2 aromatic rings. The second-order valence-electron chi connectivity index (χ2n) is 6.63. The number of carbonyl (C=O) groups excluding carboxylic acids is 1. The van der Waals surface area contributed by atoms with Crippen LogP contribution in [0.5, 0.6) is 11.5 Å². The molecule has 1 amide bonds. The molecule has 1 atom stereocenters. The van der Waals surface area contributed by atoms with E-state index < -0.39 is 0 Å². The Morgan fingerprint density at radius 3 is 2.92 bits per heavy atom. The van der Waals surface area contributed by atoms with Gasteiger partial charge in [0.25, 0.3) is 5.91 Å². The summed E-state index contributed by atoms with van der Waals surface area (Å²) >= 11 is 0. The van der Waals surface area contributed by atoms with E-state index in [0.29, 0.717) is 42.8 Å². The van der Waals surface area contributed by atoms with Crippen LogP contribution in [0.3, 0.4) is 0 Å². The number of likely N-dealkylation sites (tertiary alicyclic amines) is 1. The maximum absolute atomic E-state index is 12.8. The van der Waals surface area contributed by atoms with Gasteiger partial charge in [0.15, 0.2) is 5.89 Å². The predicted molar refractivity (Wildman–Crippen MR) is 97.7 cm³/mol. The fraction of sp³-hybridized carbons (Fsp3) is 0.500. The zero-order valence-corrected chi connectivity index (χ0v) is 15.7. The fourth-order valence-electron chi connectivity index (χ4n) is 3.24.